The van der Waals surface area contributed by atoms with E-state index in [0.717, 1.165) is 22.0 Å². The largest absolute Gasteiger partial charge is 0.494 e. The number of benzene rings is 3. The fourth-order valence-corrected chi connectivity index (χ4v) is 3.66. The minimum absolute atomic E-state index is 0.172. The number of rotatable bonds is 7. The van der Waals surface area contributed by atoms with E-state index in [1.54, 1.807) is 36.4 Å². The molecule has 0 bridgehead atoms. The van der Waals surface area contributed by atoms with Crippen LogP contribution in [0.3, 0.4) is 0 Å². The van der Waals surface area contributed by atoms with Crippen LogP contribution in [0.4, 0.5) is 4.39 Å². The summed E-state index contributed by atoms with van der Waals surface area (Å²) in [5.41, 5.74) is 4.00. The molecule has 0 aliphatic carbocycles. The maximum atomic E-state index is 14.0. The van der Waals surface area contributed by atoms with E-state index in [1.165, 1.54) is 13.2 Å². The molecule has 3 N–H and O–H groups in total. The molecule has 0 saturated carbocycles. The predicted molar refractivity (Wildman–Crippen MR) is 119 cm³/mol. The summed E-state index contributed by atoms with van der Waals surface area (Å²) in [5.74, 6) is -0.527. The van der Waals surface area contributed by atoms with Crippen molar-refractivity contribution in [3.63, 3.8) is 0 Å². The van der Waals surface area contributed by atoms with Crippen LogP contribution in [0.2, 0.25) is 0 Å². The standard InChI is InChI=1S/C25H23FN2O3/c1-31-24-11-10-18(13-22(24)26)16-6-8-17(9-7-16)25(30)28-20(15-29)12-19-14-27-23-5-3-2-4-21(19)23/h2-11,13-14,20,27,29H,12,15H2,1H3,(H,28,30)/t20-/m1/s1. The van der Waals surface area contributed by atoms with Gasteiger partial charge in [-0.05, 0) is 53.4 Å². The highest BCUT2D eigenvalue weighted by Crippen LogP contribution is 2.26. The number of hydrogen-bond donors (Lipinski definition) is 3. The highest BCUT2D eigenvalue weighted by molar-refractivity contribution is 5.95. The first kappa shape index (κ1) is 20.6. The van der Waals surface area contributed by atoms with E-state index in [1.807, 2.05) is 30.5 Å². The number of carbonyl (C=O) groups is 1. The van der Waals surface area contributed by atoms with Gasteiger partial charge in [-0.25, -0.2) is 4.39 Å². The summed E-state index contributed by atoms with van der Waals surface area (Å²) in [5, 5.41) is 13.7. The Morgan fingerprint density at radius 3 is 2.55 bits per heavy atom. The van der Waals surface area contributed by atoms with Crippen molar-refractivity contribution >= 4 is 16.8 Å². The second kappa shape index (κ2) is 9.02. The van der Waals surface area contributed by atoms with Gasteiger partial charge < -0.3 is 20.1 Å². The molecule has 0 aliphatic rings. The van der Waals surface area contributed by atoms with Crippen molar-refractivity contribution in [2.45, 2.75) is 12.5 Å². The molecule has 4 rings (SSSR count). The number of methoxy groups -OCH3 is 1. The lowest BCUT2D eigenvalue weighted by Crippen LogP contribution is -2.39. The van der Waals surface area contributed by atoms with E-state index < -0.39 is 11.9 Å². The van der Waals surface area contributed by atoms with Crippen LogP contribution in [0, 0.1) is 5.82 Å². The lowest BCUT2D eigenvalue weighted by molar-refractivity contribution is 0.0916. The molecule has 31 heavy (non-hydrogen) atoms. The van der Waals surface area contributed by atoms with Gasteiger partial charge in [-0.1, -0.05) is 36.4 Å². The maximum Gasteiger partial charge on any atom is 0.251 e. The van der Waals surface area contributed by atoms with Gasteiger partial charge >= 0.3 is 0 Å². The van der Waals surface area contributed by atoms with Crippen molar-refractivity contribution < 1.29 is 19.0 Å². The van der Waals surface area contributed by atoms with Crippen LogP contribution in [0.15, 0.2) is 72.9 Å². The summed E-state index contributed by atoms with van der Waals surface area (Å²) in [6.45, 7) is -0.172. The Hall–Kier alpha value is -3.64. The number of aromatic nitrogens is 1. The van der Waals surface area contributed by atoms with E-state index >= 15 is 0 Å². The number of para-hydroxylation sites is 1. The molecule has 1 aromatic heterocycles. The van der Waals surface area contributed by atoms with Crippen LogP contribution < -0.4 is 10.1 Å². The zero-order valence-electron chi connectivity index (χ0n) is 17.1. The third-order valence-corrected chi connectivity index (χ3v) is 5.33. The fourth-order valence-electron chi connectivity index (χ4n) is 3.66. The molecule has 4 aromatic rings. The molecular formula is C25H23FN2O3. The molecule has 0 fully saturated rings. The van der Waals surface area contributed by atoms with Crippen LogP contribution in [0.25, 0.3) is 22.0 Å². The minimum atomic E-state index is -0.440. The molecule has 0 saturated heterocycles. The van der Waals surface area contributed by atoms with Gasteiger partial charge in [0.05, 0.1) is 19.8 Å². The number of amides is 1. The number of halogens is 1. The van der Waals surface area contributed by atoms with Gasteiger partial charge in [-0.3, -0.25) is 4.79 Å². The number of aromatic amines is 1. The van der Waals surface area contributed by atoms with Gasteiger partial charge in [-0.2, -0.15) is 0 Å². The minimum Gasteiger partial charge on any atom is -0.494 e. The summed E-state index contributed by atoms with van der Waals surface area (Å²) in [7, 11) is 1.42. The zero-order chi connectivity index (χ0) is 21.8. The Labute approximate surface area is 179 Å². The molecular weight excluding hydrogens is 395 g/mol. The maximum absolute atomic E-state index is 14.0. The fraction of sp³-hybridized carbons (Fsp3) is 0.160. The summed E-state index contributed by atoms with van der Waals surface area (Å²) >= 11 is 0. The molecule has 0 spiro atoms. The topological polar surface area (TPSA) is 74.3 Å². The molecule has 6 heteroatoms. The van der Waals surface area contributed by atoms with Crippen LogP contribution >= 0.6 is 0 Å². The Bertz CT molecular complexity index is 1200. The third kappa shape index (κ3) is 4.44. The molecule has 1 atom stereocenters. The number of ether oxygens (including phenoxy) is 1. The van der Waals surface area contributed by atoms with E-state index in [9.17, 15) is 14.3 Å². The highest BCUT2D eigenvalue weighted by atomic mass is 19.1. The monoisotopic (exact) mass is 418 g/mol. The van der Waals surface area contributed by atoms with Crippen LogP contribution in [0.1, 0.15) is 15.9 Å². The van der Waals surface area contributed by atoms with Gasteiger partial charge in [0.1, 0.15) is 0 Å². The van der Waals surface area contributed by atoms with Crippen LogP contribution in [-0.4, -0.2) is 35.8 Å². The van der Waals surface area contributed by atoms with Crippen LogP contribution in [-0.2, 0) is 6.42 Å². The second-order valence-corrected chi connectivity index (χ2v) is 7.34. The van der Waals surface area contributed by atoms with E-state index in [-0.39, 0.29) is 18.3 Å². The summed E-state index contributed by atoms with van der Waals surface area (Å²) in [6, 6.07) is 19.1. The number of aliphatic hydroxyl groups excluding tert-OH is 1. The van der Waals surface area contributed by atoms with Crippen molar-refractivity contribution in [2.24, 2.45) is 0 Å². The number of H-pyrrole nitrogens is 1. The first-order valence-corrected chi connectivity index (χ1v) is 9.99. The molecule has 1 amide bonds. The number of hydrogen-bond acceptors (Lipinski definition) is 3. The van der Waals surface area contributed by atoms with Crippen LogP contribution in [0.5, 0.6) is 5.75 Å². The Morgan fingerprint density at radius 1 is 1.10 bits per heavy atom. The smallest absolute Gasteiger partial charge is 0.251 e. The summed E-state index contributed by atoms with van der Waals surface area (Å²) in [6.07, 6.45) is 2.41. The molecule has 0 radical (unpaired) electrons. The van der Waals surface area contributed by atoms with Crippen molar-refractivity contribution in [2.75, 3.05) is 13.7 Å². The molecule has 5 nitrogen and oxygen atoms in total. The molecule has 1 heterocycles. The summed E-state index contributed by atoms with van der Waals surface area (Å²) in [4.78, 5) is 15.9. The Morgan fingerprint density at radius 2 is 1.84 bits per heavy atom. The van der Waals surface area contributed by atoms with E-state index in [0.29, 0.717) is 17.5 Å². The molecule has 3 aromatic carbocycles. The third-order valence-electron chi connectivity index (χ3n) is 5.33. The SMILES string of the molecule is COc1ccc(-c2ccc(C(=O)N[C@@H](CO)Cc3c[nH]c4ccccc34)cc2)cc1F. The molecule has 0 aliphatic heterocycles. The van der Waals surface area contributed by atoms with Crippen molar-refractivity contribution in [3.8, 4) is 16.9 Å². The first-order valence-electron chi connectivity index (χ1n) is 9.99. The predicted octanol–water partition coefficient (Wildman–Crippen LogP) is 4.32. The van der Waals surface area contributed by atoms with Crippen molar-refractivity contribution in [3.05, 3.63) is 89.9 Å². The zero-order valence-corrected chi connectivity index (χ0v) is 17.1. The number of carbonyl (C=O) groups excluding carboxylic acids is 1. The van der Waals surface area contributed by atoms with E-state index in [2.05, 4.69) is 10.3 Å². The average molecular weight is 418 g/mol. The number of fused-ring (bicyclic) bond motifs is 1. The van der Waals surface area contributed by atoms with Gasteiger partial charge in [0.15, 0.2) is 11.6 Å². The quantitative estimate of drug-likeness (QED) is 0.419. The van der Waals surface area contributed by atoms with Gasteiger partial charge in [0.25, 0.3) is 5.91 Å². The van der Waals surface area contributed by atoms with Gasteiger partial charge in [-0.15, -0.1) is 0 Å². The van der Waals surface area contributed by atoms with Crippen molar-refractivity contribution in [1.82, 2.24) is 10.3 Å². The van der Waals surface area contributed by atoms with E-state index in [4.69, 9.17) is 4.74 Å². The average Bonchev–Trinajstić information content (AvgIpc) is 3.21. The lowest BCUT2D eigenvalue weighted by Gasteiger charge is -2.16. The number of nitrogens with one attached hydrogen (secondary N) is 2. The Kier molecular flexibility index (Phi) is 6.00. The summed E-state index contributed by atoms with van der Waals surface area (Å²) < 4.78 is 18.9. The van der Waals surface area contributed by atoms with Gasteiger partial charge in [0.2, 0.25) is 0 Å². The number of aliphatic hydroxyl groups is 1. The Balaban J connectivity index is 1.45. The second-order valence-electron chi connectivity index (χ2n) is 7.34. The molecule has 0 unspecified atom stereocenters. The molecule has 158 valence electrons. The van der Waals surface area contributed by atoms with Gasteiger partial charge in [0, 0.05) is 22.7 Å². The lowest BCUT2D eigenvalue weighted by atomic mass is 10.0. The van der Waals surface area contributed by atoms with Crippen molar-refractivity contribution in [1.29, 1.82) is 0 Å². The first-order chi connectivity index (χ1) is 15.1. The normalized spacial score (nSPS) is 12.0. The highest BCUT2D eigenvalue weighted by Gasteiger charge is 2.16.